The summed E-state index contributed by atoms with van der Waals surface area (Å²) in [6, 6.07) is 4.16. The van der Waals surface area contributed by atoms with E-state index in [1.165, 1.54) is 12.1 Å². The van der Waals surface area contributed by atoms with Gasteiger partial charge in [-0.2, -0.15) is 0 Å². The van der Waals surface area contributed by atoms with E-state index in [-0.39, 0.29) is 17.1 Å². The molecule has 3 nitrogen and oxygen atoms in total. The molecule has 2 rings (SSSR count). The second kappa shape index (κ2) is 4.35. The first kappa shape index (κ1) is 11.9. The number of carbonyl (C=O) groups excluding carboxylic acids is 1. The maximum Gasteiger partial charge on any atom is 0.251 e. The number of anilines is 1. The van der Waals surface area contributed by atoms with E-state index in [1.807, 2.05) is 0 Å². The van der Waals surface area contributed by atoms with Crippen molar-refractivity contribution < 1.29 is 9.18 Å². The van der Waals surface area contributed by atoms with Gasteiger partial charge in [-0.25, -0.2) is 4.39 Å². The molecule has 0 bridgehead atoms. The van der Waals surface area contributed by atoms with Crippen LogP contribution in [0.2, 0.25) is 0 Å². The molecule has 0 saturated heterocycles. The normalized spacial score (nSPS) is 17.3. The van der Waals surface area contributed by atoms with Crippen molar-refractivity contribution in [3.8, 4) is 0 Å². The second-order valence-electron chi connectivity index (χ2n) is 4.68. The van der Waals surface area contributed by atoms with Crippen LogP contribution in [0.4, 0.5) is 10.1 Å². The van der Waals surface area contributed by atoms with Crippen LogP contribution in [0, 0.1) is 5.82 Å². The van der Waals surface area contributed by atoms with E-state index in [9.17, 15) is 9.18 Å². The molecule has 1 aliphatic rings. The van der Waals surface area contributed by atoms with Gasteiger partial charge in [0.1, 0.15) is 5.82 Å². The number of halogens is 1. The third-order valence-electron chi connectivity index (χ3n) is 3.63. The zero-order valence-electron chi connectivity index (χ0n) is 9.92. The van der Waals surface area contributed by atoms with Gasteiger partial charge in [-0.15, -0.1) is 0 Å². The molecule has 0 aliphatic heterocycles. The summed E-state index contributed by atoms with van der Waals surface area (Å²) in [5.74, 6) is -0.762. The van der Waals surface area contributed by atoms with Gasteiger partial charge in [-0.05, 0) is 43.9 Å². The van der Waals surface area contributed by atoms with Crippen molar-refractivity contribution in [3.05, 3.63) is 29.6 Å². The highest BCUT2D eigenvalue weighted by Crippen LogP contribution is 2.34. The Bertz CT molecular complexity index is 436. The number of nitrogen functional groups attached to an aromatic ring is 1. The first-order valence-corrected chi connectivity index (χ1v) is 5.94. The van der Waals surface area contributed by atoms with Gasteiger partial charge in [-0.3, -0.25) is 4.79 Å². The van der Waals surface area contributed by atoms with Gasteiger partial charge in [-0.1, -0.05) is 6.92 Å². The number of rotatable bonds is 3. The maximum absolute atomic E-state index is 13.2. The Hall–Kier alpha value is -1.58. The fraction of sp³-hybridized carbons (Fsp3) is 0.462. The summed E-state index contributed by atoms with van der Waals surface area (Å²) >= 11 is 0. The Morgan fingerprint density at radius 2 is 2.24 bits per heavy atom. The Balaban J connectivity index is 2.11. The van der Waals surface area contributed by atoms with Crippen LogP contribution in [0.1, 0.15) is 43.0 Å². The molecule has 1 amide bonds. The van der Waals surface area contributed by atoms with Crippen LogP contribution in [0.25, 0.3) is 0 Å². The predicted octanol–water partition coefficient (Wildman–Crippen LogP) is 2.47. The molecule has 17 heavy (non-hydrogen) atoms. The largest absolute Gasteiger partial charge is 0.396 e. The fourth-order valence-corrected chi connectivity index (χ4v) is 2.15. The van der Waals surface area contributed by atoms with Crippen LogP contribution in [0.3, 0.4) is 0 Å². The third-order valence-corrected chi connectivity index (χ3v) is 3.63. The second-order valence-corrected chi connectivity index (χ2v) is 4.68. The summed E-state index contributed by atoms with van der Waals surface area (Å²) in [5, 5.41) is 3.00. The Labute approximate surface area is 100 Å². The average Bonchev–Trinajstić information content (AvgIpc) is 2.27. The monoisotopic (exact) mass is 236 g/mol. The number of nitrogens with one attached hydrogen (secondary N) is 1. The molecule has 0 aromatic heterocycles. The van der Waals surface area contributed by atoms with E-state index in [0.717, 1.165) is 25.7 Å². The average molecular weight is 236 g/mol. The van der Waals surface area contributed by atoms with Gasteiger partial charge < -0.3 is 11.1 Å². The number of benzene rings is 1. The standard InChI is InChI=1S/C13H17FN2O/c1-2-13(6-3-7-13)16-12(17)9-4-5-11(15)10(14)8-9/h4-5,8H,2-3,6-7,15H2,1H3,(H,16,17). The lowest BCUT2D eigenvalue weighted by Gasteiger charge is -2.42. The highest BCUT2D eigenvalue weighted by Gasteiger charge is 2.36. The summed E-state index contributed by atoms with van der Waals surface area (Å²) in [6.07, 6.45) is 4.07. The molecule has 0 unspecified atom stereocenters. The van der Waals surface area contributed by atoms with Gasteiger partial charge in [0.2, 0.25) is 0 Å². The van der Waals surface area contributed by atoms with Crippen LogP contribution >= 0.6 is 0 Å². The summed E-state index contributed by atoms with van der Waals surface area (Å²) in [5.41, 5.74) is 5.69. The lowest BCUT2D eigenvalue weighted by Crippen LogP contribution is -2.52. The van der Waals surface area contributed by atoms with E-state index < -0.39 is 5.82 Å². The molecule has 1 aromatic rings. The van der Waals surface area contributed by atoms with Crippen LogP contribution < -0.4 is 11.1 Å². The van der Waals surface area contributed by atoms with Crippen molar-refractivity contribution in [3.63, 3.8) is 0 Å². The van der Waals surface area contributed by atoms with Crippen LogP contribution in [-0.2, 0) is 0 Å². The van der Waals surface area contributed by atoms with Gasteiger partial charge in [0.05, 0.1) is 5.69 Å². The number of hydrogen-bond acceptors (Lipinski definition) is 2. The fourth-order valence-electron chi connectivity index (χ4n) is 2.15. The first-order valence-electron chi connectivity index (χ1n) is 5.94. The van der Waals surface area contributed by atoms with Gasteiger partial charge >= 0.3 is 0 Å². The van der Waals surface area contributed by atoms with Crippen LogP contribution in [-0.4, -0.2) is 11.4 Å². The van der Waals surface area contributed by atoms with E-state index in [2.05, 4.69) is 12.2 Å². The highest BCUT2D eigenvalue weighted by molar-refractivity contribution is 5.95. The molecule has 0 radical (unpaired) electrons. The Morgan fingerprint density at radius 3 is 2.71 bits per heavy atom. The number of hydrogen-bond donors (Lipinski definition) is 2. The van der Waals surface area contributed by atoms with E-state index in [0.29, 0.717) is 5.56 Å². The zero-order chi connectivity index (χ0) is 12.5. The van der Waals surface area contributed by atoms with Crippen molar-refractivity contribution in [1.29, 1.82) is 0 Å². The minimum Gasteiger partial charge on any atom is -0.396 e. The first-order chi connectivity index (χ1) is 8.06. The Kier molecular flexibility index (Phi) is 3.05. The van der Waals surface area contributed by atoms with Crippen molar-refractivity contribution >= 4 is 11.6 Å². The predicted molar refractivity (Wildman–Crippen MR) is 65.2 cm³/mol. The molecule has 92 valence electrons. The smallest absolute Gasteiger partial charge is 0.251 e. The molecule has 1 fully saturated rings. The molecule has 0 heterocycles. The number of amides is 1. The van der Waals surface area contributed by atoms with E-state index in [1.54, 1.807) is 6.07 Å². The minimum absolute atomic E-state index is 0.0652. The lowest BCUT2D eigenvalue weighted by molar-refractivity contribution is 0.0820. The molecule has 3 N–H and O–H groups in total. The SMILES string of the molecule is CCC1(NC(=O)c2ccc(N)c(F)c2)CCC1. The van der Waals surface area contributed by atoms with Crippen molar-refractivity contribution in [2.24, 2.45) is 0 Å². The molecule has 0 spiro atoms. The van der Waals surface area contributed by atoms with E-state index in [4.69, 9.17) is 5.73 Å². The zero-order valence-corrected chi connectivity index (χ0v) is 9.92. The Morgan fingerprint density at radius 1 is 1.53 bits per heavy atom. The third kappa shape index (κ3) is 2.25. The molecule has 1 saturated carbocycles. The molecule has 1 aromatic carbocycles. The topological polar surface area (TPSA) is 55.1 Å². The number of nitrogens with two attached hydrogens (primary N) is 1. The molecular formula is C13H17FN2O. The van der Waals surface area contributed by atoms with Crippen molar-refractivity contribution in [1.82, 2.24) is 5.32 Å². The highest BCUT2D eigenvalue weighted by atomic mass is 19.1. The summed E-state index contributed by atoms with van der Waals surface area (Å²) < 4.78 is 13.2. The van der Waals surface area contributed by atoms with Crippen molar-refractivity contribution in [2.75, 3.05) is 5.73 Å². The molecular weight excluding hydrogens is 219 g/mol. The van der Waals surface area contributed by atoms with Crippen molar-refractivity contribution in [2.45, 2.75) is 38.1 Å². The molecule has 0 atom stereocenters. The maximum atomic E-state index is 13.2. The minimum atomic E-state index is -0.545. The van der Waals surface area contributed by atoms with Crippen LogP contribution in [0.5, 0.6) is 0 Å². The number of carbonyl (C=O) groups is 1. The quantitative estimate of drug-likeness (QED) is 0.792. The summed E-state index contributed by atoms with van der Waals surface area (Å²) in [6.45, 7) is 2.06. The van der Waals surface area contributed by atoms with Gasteiger partial charge in [0.25, 0.3) is 5.91 Å². The lowest BCUT2D eigenvalue weighted by atomic mass is 9.74. The summed E-state index contributed by atoms with van der Waals surface area (Å²) in [4.78, 5) is 12.0. The molecule has 4 heteroatoms. The molecule has 1 aliphatic carbocycles. The van der Waals surface area contributed by atoms with Crippen LogP contribution in [0.15, 0.2) is 18.2 Å². The van der Waals surface area contributed by atoms with E-state index >= 15 is 0 Å². The summed E-state index contributed by atoms with van der Waals surface area (Å²) in [7, 11) is 0. The van der Waals surface area contributed by atoms with Gasteiger partial charge in [0.15, 0.2) is 0 Å². The van der Waals surface area contributed by atoms with Gasteiger partial charge in [0, 0.05) is 11.1 Å².